The average Bonchev–Trinajstić information content (AvgIpc) is 2.34. The molecule has 5 heteroatoms. The summed E-state index contributed by atoms with van der Waals surface area (Å²) >= 11 is 1.72. The molecule has 1 rings (SSSR count). The second kappa shape index (κ2) is 7.26. The summed E-state index contributed by atoms with van der Waals surface area (Å²) in [6, 6.07) is 4.65. The number of nitrogens with zero attached hydrogens (tertiary/aromatic N) is 1. The normalized spacial score (nSPS) is 12.1. The van der Waals surface area contributed by atoms with Crippen LogP contribution in [0.1, 0.15) is 31.4 Å². The van der Waals surface area contributed by atoms with Gasteiger partial charge in [-0.15, -0.1) is 0 Å². The number of oxime groups is 1. The van der Waals surface area contributed by atoms with Gasteiger partial charge in [-0.2, -0.15) is 11.8 Å². The average molecular weight is 270 g/mol. The number of thioether (sulfide) groups is 1. The van der Waals surface area contributed by atoms with Crippen LogP contribution in [0.2, 0.25) is 0 Å². The molecule has 0 saturated heterocycles. The van der Waals surface area contributed by atoms with E-state index in [2.05, 4.69) is 19.0 Å². The van der Waals surface area contributed by atoms with E-state index in [1.807, 2.05) is 0 Å². The minimum Gasteiger partial charge on any atom is -0.409 e. The number of nitrogens with two attached hydrogens (primary N) is 1. The molecule has 0 aromatic heterocycles. The van der Waals surface area contributed by atoms with Gasteiger partial charge in [-0.05, 0) is 29.7 Å². The van der Waals surface area contributed by atoms with Gasteiger partial charge in [0.25, 0.3) is 0 Å². The van der Waals surface area contributed by atoms with E-state index in [0.717, 1.165) is 12.2 Å². The molecular weight excluding hydrogens is 251 g/mol. The molecule has 0 heterocycles. The number of halogens is 1. The van der Waals surface area contributed by atoms with E-state index in [0.29, 0.717) is 22.8 Å². The maximum Gasteiger partial charge on any atom is 0.170 e. The summed E-state index contributed by atoms with van der Waals surface area (Å²) in [7, 11) is 0. The summed E-state index contributed by atoms with van der Waals surface area (Å²) in [4.78, 5) is 0. The van der Waals surface area contributed by atoms with Crippen LogP contribution in [0.15, 0.2) is 23.4 Å². The molecule has 0 spiro atoms. The molecule has 100 valence electrons. The molecule has 0 aliphatic carbocycles. The first-order valence-electron chi connectivity index (χ1n) is 5.88. The number of amidine groups is 1. The summed E-state index contributed by atoms with van der Waals surface area (Å²) in [6.45, 7) is 4.35. The fraction of sp³-hybridized carbons (Fsp3) is 0.462. The molecule has 3 N–H and O–H groups in total. The van der Waals surface area contributed by atoms with Crippen LogP contribution in [-0.4, -0.2) is 16.8 Å². The molecule has 0 aliphatic rings. The van der Waals surface area contributed by atoms with E-state index >= 15 is 0 Å². The van der Waals surface area contributed by atoms with E-state index < -0.39 is 0 Å². The van der Waals surface area contributed by atoms with Crippen molar-refractivity contribution in [3.8, 4) is 0 Å². The van der Waals surface area contributed by atoms with Crippen LogP contribution in [0.25, 0.3) is 0 Å². The van der Waals surface area contributed by atoms with Crippen molar-refractivity contribution in [1.29, 1.82) is 0 Å². The van der Waals surface area contributed by atoms with Crippen LogP contribution >= 0.6 is 11.8 Å². The summed E-state index contributed by atoms with van der Waals surface area (Å²) in [5, 5.41) is 11.4. The highest BCUT2D eigenvalue weighted by molar-refractivity contribution is 7.98. The zero-order chi connectivity index (χ0) is 13.5. The quantitative estimate of drug-likeness (QED) is 0.274. The second-order valence-electron chi connectivity index (χ2n) is 4.53. The number of hydrogen-bond acceptors (Lipinski definition) is 3. The van der Waals surface area contributed by atoms with Crippen molar-refractivity contribution in [3.05, 3.63) is 35.1 Å². The largest absolute Gasteiger partial charge is 0.409 e. The molecule has 0 saturated carbocycles. The van der Waals surface area contributed by atoms with Crippen molar-refractivity contribution in [1.82, 2.24) is 0 Å². The molecule has 3 nitrogen and oxygen atoms in total. The maximum atomic E-state index is 13.7. The first-order valence-corrected chi connectivity index (χ1v) is 7.04. The molecule has 0 radical (unpaired) electrons. The predicted octanol–water partition coefficient (Wildman–Crippen LogP) is 3.20. The summed E-state index contributed by atoms with van der Waals surface area (Å²) in [6.07, 6.45) is 1.13. The molecule has 0 amide bonds. The lowest BCUT2D eigenvalue weighted by Crippen LogP contribution is -2.13. The van der Waals surface area contributed by atoms with E-state index in [1.54, 1.807) is 23.9 Å². The molecule has 1 aromatic carbocycles. The van der Waals surface area contributed by atoms with Crippen molar-refractivity contribution >= 4 is 17.6 Å². The molecule has 0 unspecified atom stereocenters. The van der Waals surface area contributed by atoms with Gasteiger partial charge in [-0.3, -0.25) is 0 Å². The van der Waals surface area contributed by atoms with E-state index in [9.17, 15) is 4.39 Å². The van der Waals surface area contributed by atoms with Gasteiger partial charge in [0.1, 0.15) is 5.82 Å². The Morgan fingerprint density at radius 1 is 1.50 bits per heavy atom. The predicted molar refractivity (Wildman–Crippen MR) is 74.5 cm³/mol. The minimum absolute atomic E-state index is 0.0760. The Bertz CT molecular complexity index is 421. The summed E-state index contributed by atoms with van der Waals surface area (Å²) in [5.41, 5.74) is 6.44. The lowest BCUT2D eigenvalue weighted by atomic mass is 10.1. The highest BCUT2D eigenvalue weighted by Crippen LogP contribution is 2.19. The Balaban J connectivity index is 2.58. The molecule has 18 heavy (non-hydrogen) atoms. The summed E-state index contributed by atoms with van der Waals surface area (Å²) < 4.78 is 13.7. The van der Waals surface area contributed by atoms with Gasteiger partial charge in [0.15, 0.2) is 5.84 Å². The van der Waals surface area contributed by atoms with Crippen LogP contribution < -0.4 is 5.73 Å². The molecule has 1 aromatic rings. The fourth-order valence-corrected chi connectivity index (χ4v) is 2.62. The van der Waals surface area contributed by atoms with Crippen molar-refractivity contribution in [3.63, 3.8) is 0 Å². The Kier molecular flexibility index (Phi) is 5.98. The van der Waals surface area contributed by atoms with Crippen LogP contribution in [0.5, 0.6) is 0 Å². The highest BCUT2D eigenvalue weighted by atomic mass is 32.2. The lowest BCUT2D eigenvalue weighted by molar-refractivity contribution is 0.318. The van der Waals surface area contributed by atoms with Gasteiger partial charge in [-0.1, -0.05) is 31.1 Å². The van der Waals surface area contributed by atoms with Crippen LogP contribution in [0.3, 0.4) is 0 Å². The minimum atomic E-state index is -0.309. The zero-order valence-electron chi connectivity index (χ0n) is 10.7. The number of benzene rings is 1. The maximum absolute atomic E-state index is 13.7. The van der Waals surface area contributed by atoms with E-state index in [1.165, 1.54) is 6.07 Å². The van der Waals surface area contributed by atoms with Crippen molar-refractivity contribution in [2.24, 2.45) is 16.8 Å². The van der Waals surface area contributed by atoms with Crippen molar-refractivity contribution in [2.75, 3.05) is 5.75 Å². The lowest BCUT2D eigenvalue weighted by Gasteiger charge is -2.07. The number of rotatable bonds is 6. The second-order valence-corrected chi connectivity index (χ2v) is 5.63. The van der Waals surface area contributed by atoms with Gasteiger partial charge in [-0.25, -0.2) is 4.39 Å². The smallest absolute Gasteiger partial charge is 0.170 e. The third-order valence-electron chi connectivity index (χ3n) is 2.55. The van der Waals surface area contributed by atoms with E-state index in [4.69, 9.17) is 10.9 Å². The first kappa shape index (κ1) is 14.8. The third-order valence-corrected chi connectivity index (χ3v) is 3.59. The molecule has 0 bridgehead atoms. The highest BCUT2D eigenvalue weighted by Gasteiger charge is 2.06. The number of hydrogen-bond donors (Lipinski definition) is 2. The van der Waals surface area contributed by atoms with Crippen LogP contribution in [0.4, 0.5) is 4.39 Å². The Labute approximate surface area is 111 Å². The Hall–Kier alpha value is -1.23. The van der Waals surface area contributed by atoms with Gasteiger partial charge in [0, 0.05) is 11.3 Å². The fourth-order valence-electron chi connectivity index (χ4n) is 1.38. The van der Waals surface area contributed by atoms with E-state index in [-0.39, 0.29) is 11.7 Å². The SMILES string of the molecule is CC(C)CCSCc1ccc(/C(N)=N/O)cc1F. The Morgan fingerprint density at radius 3 is 2.78 bits per heavy atom. The van der Waals surface area contributed by atoms with Gasteiger partial charge < -0.3 is 10.9 Å². The third kappa shape index (κ3) is 4.56. The monoisotopic (exact) mass is 270 g/mol. The Morgan fingerprint density at radius 2 is 2.22 bits per heavy atom. The standard InChI is InChI=1S/C13H19FN2OS/c1-9(2)5-6-18-8-11-4-3-10(7-12(11)14)13(15)16-17/h3-4,7,9,17H,5-6,8H2,1-2H3,(H2,15,16). The summed E-state index contributed by atoms with van der Waals surface area (Å²) in [5.74, 6) is 1.96. The molecule has 0 atom stereocenters. The van der Waals surface area contributed by atoms with Crippen molar-refractivity contribution in [2.45, 2.75) is 26.0 Å². The molecule has 0 fully saturated rings. The van der Waals surface area contributed by atoms with Crippen LogP contribution in [0, 0.1) is 11.7 Å². The topological polar surface area (TPSA) is 58.6 Å². The first-order chi connectivity index (χ1) is 8.54. The van der Waals surface area contributed by atoms with Crippen LogP contribution in [-0.2, 0) is 5.75 Å². The zero-order valence-corrected chi connectivity index (χ0v) is 11.5. The molecule has 0 aliphatic heterocycles. The van der Waals surface area contributed by atoms with Crippen molar-refractivity contribution < 1.29 is 9.60 Å². The van der Waals surface area contributed by atoms with Gasteiger partial charge in [0.2, 0.25) is 0 Å². The molecular formula is C13H19FN2OS. The van der Waals surface area contributed by atoms with Gasteiger partial charge >= 0.3 is 0 Å². The van der Waals surface area contributed by atoms with Gasteiger partial charge in [0.05, 0.1) is 0 Å².